The summed E-state index contributed by atoms with van der Waals surface area (Å²) in [6.45, 7) is 6.97. The monoisotopic (exact) mass is 475 g/mol. The highest BCUT2D eigenvalue weighted by molar-refractivity contribution is 5.89. The van der Waals surface area contributed by atoms with E-state index in [0.29, 0.717) is 30.6 Å². The summed E-state index contributed by atoms with van der Waals surface area (Å²) in [4.78, 5) is 28.9. The van der Waals surface area contributed by atoms with Crippen molar-refractivity contribution in [1.29, 1.82) is 0 Å². The summed E-state index contributed by atoms with van der Waals surface area (Å²) < 4.78 is 10.8. The molecule has 7 nitrogen and oxygen atoms in total. The second-order valence-corrected chi connectivity index (χ2v) is 9.24. The van der Waals surface area contributed by atoms with Crippen LogP contribution in [0, 0.1) is 25.7 Å². The third-order valence-corrected chi connectivity index (χ3v) is 6.58. The number of aromatic nitrogens is 1. The fourth-order valence-corrected chi connectivity index (χ4v) is 4.51. The Morgan fingerprint density at radius 2 is 1.80 bits per heavy atom. The molecule has 0 bridgehead atoms. The van der Waals surface area contributed by atoms with Gasteiger partial charge in [0.2, 0.25) is 5.89 Å². The number of esters is 1. The van der Waals surface area contributed by atoms with Gasteiger partial charge in [0.05, 0.1) is 12.5 Å². The van der Waals surface area contributed by atoms with Crippen molar-refractivity contribution in [2.75, 3.05) is 18.5 Å². The summed E-state index contributed by atoms with van der Waals surface area (Å²) in [6.07, 6.45) is 5.15. The lowest BCUT2D eigenvalue weighted by Gasteiger charge is -2.27. The number of carbonyl (C=O) groups excluding carboxylic acids is 2. The van der Waals surface area contributed by atoms with Gasteiger partial charge in [-0.3, -0.25) is 4.79 Å². The first-order valence-corrected chi connectivity index (χ1v) is 12.3. The van der Waals surface area contributed by atoms with Crippen molar-refractivity contribution in [3.63, 3.8) is 0 Å². The predicted molar refractivity (Wildman–Crippen MR) is 136 cm³/mol. The van der Waals surface area contributed by atoms with Crippen LogP contribution < -0.4 is 10.6 Å². The van der Waals surface area contributed by atoms with E-state index in [1.807, 2.05) is 31.2 Å². The minimum atomic E-state index is -0.237. The van der Waals surface area contributed by atoms with Gasteiger partial charge in [-0.1, -0.05) is 17.7 Å². The van der Waals surface area contributed by atoms with Crippen molar-refractivity contribution in [2.24, 2.45) is 11.8 Å². The third-order valence-electron chi connectivity index (χ3n) is 6.58. The molecule has 0 atom stereocenters. The van der Waals surface area contributed by atoms with Crippen LogP contribution in [0.1, 0.15) is 43.7 Å². The lowest BCUT2D eigenvalue weighted by molar-refractivity contribution is -0.149. The molecule has 0 saturated heterocycles. The average Bonchev–Trinajstić information content (AvgIpc) is 3.35. The smallest absolute Gasteiger partial charge is 0.319 e. The minimum Gasteiger partial charge on any atom is -0.466 e. The molecule has 0 aliphatic heterocycles. The van der Waals surface area contributed by atoms with Crippen molar-refractivity contribution in [3.8, 4) is 22.7 Å². The quantitative estimate of drug-likeness (QED) is 0.402. The first-order chi connectivity index (χ1) is 16.9. The molecular weight excluding hydrogens is 442 g/mol. The van der Waals surface area contributed by atoms with Gasteiger partial charge in [0.15, 0.2) is 0 Å². The van der Waals surface area contributed by atoms with Crippen LogP contribution in [0.25, 0.3) is 22.7 Å². The first kappa shape index (κ1) is 24.5. The Morgan fingerprint density at radius 3 is 2.51 bits per heavy atom. The molecule has 1 aromatic heterocycles. The van der Waals surface area contributed by atoms with Gasteiger partial charge < -0.3 is 19.8 Å². The van der Waals surface area contributed by atoms with Crippen LogP contribution >= 0.6 is 0 Å². The van der Waals surface area contributed by atoms with Gasteiger partial charge in [-0.25, -0.2) is 9.78 Å². The number of rotatable bonds is 7. The molecule has 0 radical (unpaired) electrons. The van der Waals surface area contributed by atoms with E-state index >= 15 is 0 Å². The van der Waals surface area contributed by atoms with E-state index in [4.69, 9.17) is 9.15 Å². The molecule has 0 spiro atoms. The Bertz CT molecular complexity index is 1160. The van der Waals surface area contributed by atoms with Crippen molar-refractivity contribution in [2.45, 2.75) is 46.5 Å². The zero-order valence-corrected chi connectivity index (χ0v) is 20.6. The van der Waals surface area contributed by atoms with E-state index in [9.17, 15) is 9.59 Å². The Hall–Kier alpha value is -3.61. The molecule has 1 aliphatic carbocycles. The van der Waals surface area contributed by atoms with Crippen molar-refractivity contribution in [1.82, 2.24) is 10.3 Å². The minimum absolute atomic E-state index is 0.000829. The molecule has 1 saturated carbocycles. The van der Waals surface area contributed by atoms with Gasteiger partial charge in [-0.15, -0.1) is 0 Å². The maximum atomic E-state index is 12.4. The van der Waals surface area contributed by atoms with Crippen LogP contribution in [0.4, 0.5) is 10.5 Å². The molecule has 35 heavy (non-hydrogen) atoms. The van der Waals surface area contributed by atoms with E-state index < -0.39 is 0 Å². The Kier molecular flexibility index (Phi) is 7.85. The van der Waals surface area contributed by atoms with E-state index in [2.05, 4.69) is 47.7 Å². The number of oxazole rings is 1. The van der Waals surface area contributed by atoms with Gasteiger partial charge in [0, 0.05) is 23.4 Å². The van der Waals surface area contributed by atoms with Crippen LogP contribution in [-0.2, 0) is 9.53 Å². The lowest BCUT2D eigenvalue weighted by atomic mass is 9.82. The number of carbonyl (C=O) groups is 2. The molecule has 0 unspecified atom stereocenters. The molecule has 1 heterocycles. The Labute approximate surface area is 206 Å². The predicted octanol–water partition coefficient (Wildman–Crippen LogP) is 6.12. The zero-order valence-electron chi connectivity index (χ0n) is 20.6. The number of ether oxygens (including phenoxy) is 1. The number of hydrogen-bond donors (Lipinski definition) is 2. The molecular formula is C28H33N3O4. The summed E-state index contributed by atoms with van der Waals surface area (Å²) >= 11 is 0. The van der Waals surface area contributed by atoms with Crippen LogP contribution in [0.3, 0.4) is 0 Å². The average molecular weight is 476 g/mol. The van der Waals surface area contributed by atoms with E-state index in [1.54, 1.807) is 6.26 Å². The van der Waals surface area contributed by atoms with Gasteiger partial charge in [0.25, 0.3) is 0 Å². The number of nitrogens with one attached hydrogen (secondary N) is 2. The number of anilines is 1. The summed E-state index contributed by atoms with van der Waals surface area (Å²) in [6, 6.07) is 13.5. The number of benzene rings is 2. The van der Waals surface area contributed by atoms with Crippen LogP contribution in [-0.4, -0.2) is 30.1 Å². The second-order valence-electron chi connectivity index (χ2n) is 9.24. The fourth-order valence-electron chi connectivity index (χ4n) is 4.51. The van der Waals surface area contributed by atoms with Gasteiger partial charge in [-0.2, -0.15) is 0 Å². The number of urea groups is 1. The number of hydrogen-bond acceptors (Lipinski definition) is 5. The number of nitrogens with zero attached hydrogens (tertiary/aromatic N) is 1. The molecule has 4 rings (SSSR count). The normalized spacial score (nSPS) is 17.6. The summed E-state index contributed by atoms with van der Waals surface area (Å²) in [5.74, 6) is 0.825. The maximum Gasteiger partial charge on any atom is 0.319 e. The largest absolute Gasteiger partial charge is 0.466 e. The number of amides is 2. The van der Waals surface area contributed by atoms with Gasteiger partial charge >= 0.3 is 12.0 Å². The zero-order chi connectivity index (χ0) is 24.8. The third kappa shape index (κ3) is 6.29. The summed E-state index contributed by atoms with van der Waals surface area (Å²) in [5, 5.41) is 5.82. The van der Waals surface area contributed by atoms with Gasteiger partial charge in [0.1, 0.15) is 12.0 Å². The molecule has 1 aliphatic rings. The van der Waals surface area contributed by atoms with E-state index in [1.165, 1.54) is 5.56 Å². The standard InChI is InChI=1S/C28H33N3O4/c1-4-34-27(32)22-9-7-20(8-10-22)16-29-28(33)30-23-13-11-21(12-14-23)26-31-25(17-35-26)24-15-18(2)5-6-19(24)3/h5-6,11-15,17,20,22H,4,7-10,16H2,1-3H3,(H2,29,30,33). The van der Waals surface area contributed by atoms with E-state index in [-0.39, 0.29) is 17.9 Å². The summed E-state index contributed by atoms with van der Waals surface area (Å²) in [7, 11) is 0. The maximum absolute atomic E-state index is 12.4. The highest BCUT2D eigenvalue weighted by Gasteiger charge is 2.27. The molecule has 184 valence electrons. The van der Waals surface area contributed by atoms with Crippen LogP contribution in [0.5, 0.6) is 0 Å². The highest BCUT2D eigenvalue weighted by Crippen LogP contribution is 2.30. The second kappa shape index (κ2) is 11.2. The van der Waals surface area contributed by atoms with Crippen molar-refractivity contribution < 1.29 is 18.7 Å². The number of aryl methyl sites for hydroxylation is 2. The molecule has 2 aromatic carbocycles. The van der Waals surface area contributed by atoms with Crippen LogP contribution in [0.2, 0.25) is 0 Å². The fraction of sp³-hybridized carbons (Fsp3) is 0.393. The Morgan fingerprint density at radius 1 is 1.06 bits per heavy atom. The Balaban J connectivity index is 1.27. The molecule has 7 heteroatoms. The first-order valence-electron chi connectivity index (χ1n) is 12.3. The van der Waals surface area contributed by atoms with Crippen molar-refractivity contribution >= 4 is 17.7 Å². The SMILES string of the molecule is CCOC(=O)C1CCC(CNC(=O)Nc2ccc(-c3nc(-c4cc(C)ccc4C)co3)cc2)CC1. The lowest BCUT2D eigenvalue weighted by Crippen LogP contribution is -2.35. The molecule has 2 amide bonds. The van der Waals surface area contributed by atoms with Crippen molar-refractivity contribution in [3.05, 3.63) is 59.9 Å². The highest BCUT2D eigenvalue weighted by atomic mass is 16.5. The topological polar surface area (TPSA) is 93.5 Å². The summed E-state index contributed by atoms with van der Waals surface area (Å²) in [5.41, 5.74) is 5.72. The molecule has 3 aromatic rings. The van der Waals surface area contributed by atoms with E-state index in [0.717, 1.165) is 48.1 Å². The van der Waals surface area contributed by atoms with Gasteiger partial charge in [-0.05, 0) is 88.3 Å². The molecule has 2 N–H and O–H groups in total. The molecule has 1 fully saturated rings. The van der Waals surface area contributed by atoms with Crippen LogP contribution in [0.15, 0.2) is 53.1 Å².